The second-order valence-corrected chi connectivity index (χ2v) is 5.69. The zero-order valence-electron chi connectivity index (χ0n) is 12.3. The number of aryl methyl sites for hydroxylation is 1. The molecule has 0 spiro atoms. The zero-order valence-corrected chi connectivity index (χ0v) is 13.1. The fourth-order valence-electron chi connectivity index (χ4n) is 2.05. The molecule has 0 N–H and O–H groups in total. The standard InChI is InChI=1S/C14H15FN6S/c1-3-21-13(12-8-20(2)19-16-12)17-18-14(21)22-9-10-4-6-11(15)7-5-10/h4-8H,3,9H2,1-2H3. The number of nitrogens with zero attached hydrogens (tertiary/aromatic N) is 6. The Balaban J connectivity index is 1.79. The number of hydrogen-bond donors (Lipinski definition) is 0. The molecule has 0 atom stereocenters. The van der Waals surface area contributed by atoms with Crippen molar-refractivity contribution >= 4 is 11.8 Å². The molecule has 3 rings (SSSR count). The second kappa shape index (κ2) is 6.27. The summed E-state index contributed by atoms with van der Waals surface area (Å²) in [6, 6.07) is 6.48. The van der Waals surface area contributed by atoms with E-state index in [-0.39, 0.29) is 5.82 Å². The van der Waals surface area contributed by atoms with Crippen molar-refractivity contribution in [1.29, 1.82) is 0 Å². The van der Waals surface area contributed by atoms with Crippen LogP contribution in [0.1, 0.15) is 12.5 Å². The van der Waals surface area contributed by atoms with Crippen LogP contribution in [0.15, 0.2) is 35.6 Å². The third-order valence-electron chi connectivity index (χ3n) is 3.15. The molecular weight excluding hydrogens is 303 g/mol. The molecule has 2 heterocycles. The maximum Gasteiger partial charge on any atom is 0.191 e. The van der Waals surface area contributed by atoms with Gasteiger partial charge < -0.3 is 4.57 Å². The Labute approximate surface area is 131 Å². The van der Waals surface area contributed by atoms with Crippen molar-refractivity contribution in [3.8, 4) is 11.5 Å². The van der Waals surface area contributed by atoms with Crippen LogP contribution in [-0.2, 0) is 19.3 Å². The molecule has 0 aliphatic carbocycles. The van der Waals surface area contributed by atoms with Crippen LogP contribution >= 0.6 is 11.8 Å². The van der Waals surface area contributed by atoms with E-state index in [9.17, 15) is 4.39 Å². The van der Waals surface area contributed by atoms with Gasteiger partial charge in [-0.1, -0.05) is 29.1 Å². The van der Waals surface area contributed by atoms with Crippen LogP contribution < -0.4 is 0 Å². The van der Waals surface area contributed by atoms with Crippen LogP contribution in [0.3, 0.4) is 0 Å². The van der Waals surface area contributed by atoms with E-state index in [1.165, 1.54) is 12.1 Å². The molecule has 114 valence electrons. The van der Waals surface area contributed by atoms with E-state index >= 15 is 0 Å². The molecule has 0 saturated heterocycles. The quantitative estimate of drug-likeness (QED) is 0.677. The van der Waals surface area contributed by atoms with Gasteiger partial charge in [0.05, 0.1) is 6.20 Å². The van der Waals surface area contributed by atoms with Gasteiger partial charge in [0.15, 0.2) is 16.7 Å². The Morgan fingerprint density at radius 3 is 2.55 bits per heavy atom. The summed E-state index contributed by atoms with van der Waals surface area (Å²) >= 11 is 1.56. The van der Waals surface area contributed by atoms with Crippen molar-refractivity contribution < 1.29 is 4.39 Å². The molecule has 0 unspecified atom stereocenters. The fourth-order valence-corrected chi connectivity index (χ4v) is 3.01. The van der Waals surface area contributed by atoms with Crippen LogP contribution in [0.4, 0.5) is 4.39 Å². The van der Waals surface area contributed by atoms with E-state index in [4.69, 9.17) is 0 Å². The number of hydrogen-bond acceptors (Lipinski definition) is 5. The van der Waals surface area contributed by atoms with E-state index < -0.39 is 0 Å². The van der Waals surface area contributed by atoms with Gasteiger partial charge in [0.25, 0.3) is 0 Å². The highest BCUT2D eigenvalue weighted by atomic mass is 32.2. The lowest BCUT2D eigenvalue weighted by Crippen LogP contribution is -2.00. The molecule has 0 amide bonds. The highest BCUT2D eigenvalue weighted by Crippen LogP contribution is 2.25. The van der Waals surface area contributed by atoms with Gasteiger partial charge in [-0.2, -0.15) is 0 Å². The van der Waals surface area contributed by atoms with Gasteiger partial charge in [-0.3, -0.25) is 4.68 Å². The molecule has 8 heteroatoms. The predicted octanol–water partition coefficient (Wildman–Crippen LogP) is 2.52. The van der Waals surface area contributed by atoms with E-state index in [1.807, 2.05) is 24.7 Å². The summed E-state index contributed by atoms with van der Waals surface area (Å²) in [5.74, 6) is 1.19. The number of halogens is 1. The lowest BCUT2D eigenvalue weighted by molar-refractivity contribution is 0.627. The van der Waals surface area contributed by atoms with Crippen molar-refractivity contribution in [3.63, 3.8) is 0 Å². The number of rotatable bonds is 5. The molecular formula is C14H15FN6S. The Morgan fingerprint density at radius 1 is 1.14 bits per heavy atom. The average molecular weight is 318 g/mol. The number of aromatic nitrogens is 6. The van der Waals surface area contributed by atoms with Crippen molar-refractivity contribution in [1.82, 2.24) is 29.8 Å². The summed E-state index contributed by atoms with van der Waals surface area (Å²) in [6.45, 7) is 2.77. The normalized spacial score (nSPS) is 11.0. The SMILES string of the molecule is CCn1c(SCc2ccc(F)cc2)nnc1-c1cn(C)nn1. The van der Waals surface area contributed by atoms with Gasteiger partial charge in [-0.05, 0) is 24.6 Å². The van der Waals surface area contributed by atoms with Gasteiger partial charge in [-0.25, -0.2) is 4.39 Å². The number of benzene rings is 1. The summed E-state index contributed by atoms with van der Waals surface area (Å²) in [7, 11) is 1.81. The van der Waals surface area contributed by atoms with E-state index in [0.717, 1.165) is 17.3 Å². The minimum Gasteiger partial charge on any atom is -0.301 e. The maximum absolute atomic E-state index is 12.9. The van der Waals surface area contributed by atoms with E-state index in [1.54, 1.807) is 28.6 Å². The van der Waals surface area contributed by atoms with E-state index in [2.05, 4.69) is 20.5 Å². The van der Waals surface area contributed by atoms with Gasteiger partial charge in [0, 0.05) is 19.3 Å². The van der Waals surface area contributed by atoms with Crippen LogP contribution in [0.2, 0.25) is 0 Å². The van der Waals surface area contributed by atoms with Crippen LogP contribution in [0.5, 0.6) is 0 Å². The topological polar surface area (TPSA) is 61.4 Å². The third kappa shape index (κ3) is 3.01. The van der Waals surface area contributed by atoms with Crippen molar-refractivity contribution in [2.24, 2.45) is 7.05 Å². The van der Waals surface area contributed by atoms with Crippen molar-refractivity contribution in [3.05, 3.63) is 41.8 Å². The van der Waals surface area contributed by atoms with Crippen LogP contribution in [-0.4, -0.2) is 29.8 Å². The Bertz CT molecular complexity index is 764. The molecule has 0 bridgehead atoms. The van der Waals surface area contributed by atoms with Crippen LogP contribution in [0, 0.1) is 5.82 Å². The average Bonchev–Trinajstić information content (AvgIpc) is 3.12. The smallest absolute Gasteiger partial charge is 0.191 e. The molecule has 0 saturated carbocycles. The molecule has 2 aromatic heterocycles. The lowest BCUT2D eigenvalue weighted by atomic mass is 10.2. The van der Waals surface area contributed by atoms with Crippen molar-refractivity contribution in [2.45, 2.75) is 24.4 Å². The minimum absolute atomic E-state index is 0.226. The Morgan fingerprint density at radius 2 is 1.91 bits per heavy atom. The molecule has 0 fully saturated rings. The molecule has 0 aliphatic rings. The summed E-state index contributed by atoms with van der Waals surface area (Å²) < 4.78 is 16.5. The molecule has 6 nitrogen and oxygen atoms in total. The molecule has 1 aromatic carbocycles. The Hall–Kier alpha value is -2.22. The Kier molecular flexibility index (Phi) is 4.19. The fraction of sp³-hybridized carbons (Fsp3) is 0.286. The second-order valence-electron chi connectivity index (χ2n) is 4.74. The van der Waals surface area contributed by atoms with Gasteiger partial charge in [0.1, 0.15) is 5.82 Å². The van der Waals surface area contributed by atoms with Crippen molar-refractivity contribution in [2.75, 3.05) is 0 Å². The summed E-state index contributed by atoms with van der Waals surface area (Å²) in [4.78, 5) is 0. The first-order valence-electron chi connectivity index (χ1n) is 6.84. The van der Waals surface area contributed by atoms with Crippen LogP contribution in [0.25, 0.3) is 11.5 Å². The molecule has 3 aromatic rings. The first kappa shape index (κ1) is 14.7. The number of thioether (sulfide) groups is 1. The van der Waals surface area contributed by atoms with Gasteiger partial charge in [-0.15, -0.1) is 15.3 Å². The van der Waals surface area contributed by atoms with E-state index in [0.29, 0.717) is 17.3 Å². The van der Waals surface area contributed by atoms with Gasteiger partial charge >= 0.3 is 0 Å². The first-order chi connectivity index (χ1) is 10.7. The molecule has 22 heavy (non-hydrogen) atoms. The highest BCUT2D eigenvalue weighted by Gasteiger charge is 2.15. The largest absolute Gasteiger partial charge is 0.301 e. The zero-order chi connectivity index (χ0) is 15.5. The minimum atomic E-state index is -0.226. The monoisotopic (exact) mass is 318 g/mol. The maximum atomic E-state index is 12.9. The molecule has 0 aliphatic heterocycles. The summed E-state index contributed by atoms with van der Waals surface area (Å²) in [6.07, 6.45) is 1.81. The lowest BCUT2D eigenvalue weighted by Gasteiger charge is -2.05. The third-order valence-corrected chi connectivity index (χ3v) is 4.18. The highest BCUT2D eigenvalue weighted by molar-refractivity contribution is 7.98. The molecule has 0 radical (unpaired) electrons. The predicted molar refractivity (Wildman–Crippen MR) is 81.7 cm³/mol. The first-order valence-corrected chi connectivity index (χ1v) is 7.83. The van der Waals surface area contributed by atoms with Gasteiger partial charge in [0.2, 0.25) is 0 Å². The summed E-state index contributed by atoms with van der Waals surface area (Å²) in [5, 5.41) is 17.3. The summed E-state index contributed by atoms with van der Waals surface area (Å²) in [5.41, 5.74) is 1.74.